The number of hydrogen-bond donors (Lipinski definition) is 2. The zero-order valence-corrected chi connectivity index (χ0v) is 16.6. The molecule has 158 valence electrons. The van der Waals surface area contributed by atoms with Crippen LogP contribution in [-0.4, -0.2) is 58.8 Å². The van der Waals surface area contributed by atoms with Crippen molar-refractivity contribution in [2.24, 2.45) is 0 Å². The zero-order chi connectivity index (χ0) is 21.1. The number of nitrogens with zero attached hydrogens (tertiary/aromatic N) is 4. The Morgan fingerprint density at radius 1 is 1.20 bits per heavy atom. The second-order valence-corrected chi connectivity index (χ2v) is 7.75. The predicted molar refractivity (Wildman–Crippen MR) is 112 cm³/mol. The Morgan fingerprint density at radius 3 is 2.87 bits per heavy atom. The van der Waals surface area contributed by atoms with E-state index in [0.717, 1.165) is 37.7 Å². The van der Waals surface area contributed by atoms with Crippen LogP contribution in [0.2, 0.25) is 0 Å². The number of amides is 1. The first-order valence-corrected chi connectivity index (χ1v) is 10.2. The maximum atomic E-state index is 14.4. The van der Waals surface area contributed by atoms with Gasteiger partial charge < -0.3 is 20.9 Å². The van der Waals surface area contributed by atoms with Gasteiger partial charge in [0.05, 0.1) is 0 Å². The fourth-order valence-corrected chi connectivity index (χ4v) is 4.29. The lowest BCUT2D eigenvalue weighted by Crippen LogP contribution is -2.56. The molecule has 8 nitrogen and oxygen atoms in total. The van der Waals surface area contributed by atoms with Gasteiger partial charge in [-0.1, -0.05) is 12.1 Å². The van der Waals surface area contributed by atoms with Gasteiger partial charge in [0, 0.05) is 36.9 Å². The lowest BCUT2D eigenvalue weighted by Gasteiger charge is -2.43. The highest BCUT2D eigenvalue weighted by molar-refractivity contribution is 5.86. The van der Waals surface area contributed by atoms with Gasteiger partial charge in [0.1, 0.15) is 18.7 Å². The summed E-state index contributed by atoms with van der Waals surface area (Å²) in [6.07, 6.45) is 5.35. The number of nitrogens with one attached hydrogen (secondary N) is 1. The molecule has 0 spiro atoms. The molecule has 0 bridgehead atoms. The van der Waals surface area contributed by atoms with Gasteiger partial charge in [-0.05, 0) is 37.8 Å². The number of piperidine rings is 2. The minimum Gasteiger partial charge on any atom is -0.381 e. The highest BCUT2D eigenvalue weighted by Gasteiger charge is 2.36. The van der Waals surface area contributed by atoms with Crippen molar-refractivity contribution in [2.45, 2.75) is 37.8 Å². The number of nitrogens with two attached hydrogens (primary N) is 1. The SMILES string of the molecule is Nc1ncnc(N2CCC[C@@H](N3CCCC(Nc4cccc(C=O)c4)C3=O)C2)c1F. The summed E-state index contributed by atoms with van der Waals surface area (Å²) in [4.78, 5) is 35.7. The first-order valence-electron chi connectivity index (χ1n) is 10.2. The van der Waals surface area contributed by atoms with Crippen LogP contribution in [-0.2, 0) is 4.79 Å². The number of hydrogen-bond acceptors (Lipinski definition) is 7. The molecular weight excluding hydrogens is 387 g/mol. The highest BCUT2D eigenvalue weighted by atomic mass is 19.1. The monoisotopic (exact) mass is 412 g/mol. The van der Waals surface area contributed by atoms with E-state index in [1.165, 1.54) is 6.33 Å². The number of likely N-dealkylation sites (tertiary alicyclic amines) is 1. The van der Waals surface area contributed by atoms with E-state index in [2.05, 4.69) is 15.3 Å². The first-order chi connectivity index (χ1) is 14.6. The molecular formula is C21H25FN6O2. The van der Waals surface area contributed by atoms with Crippen molar-refractivity contribution in [3.8, 4) is 0 Å². The minimum atomic E-state index is -0.613. The molecule has 1 unspecified atom stereocenters. The predicted octanol–water partition coefficient (Wildman–Crippen LogP) is 2.08. The third-order valence-electron chi connectivity index (χ3n) is 5.77. The Balaban J connectivity index is 1.47. The van der Waals surface area contributed by atoms with Gasteiger partial charge in [-0.15, -0.1) is 0 Å². The molecule has 2 aliphatic rings. The van der Waals surface area contributed by atoms with Crippen molar-refractivity contribution in [1.29, 1.82) is 0 Å². The average molecular weight is 412 g/mol. The summed E-state index contributed by atoms with van der Waals surface area (Å²) >= 11 is 0. The fourth-order valence-electron chi connectivity index (χ4n) is 4.29. The molecule has 3 N–H and O–H groups in total. The van der Waals surface area contributed by atoms with E-state index < -0.39 is 5.82 Å². The van der Waals surface area contributed by atoms with Gasteiger partial charge in [0.25, 0.3) is 0 Å². The highest BCUT2D eigenvalue weighted by Crippen LogP contribution is 2.27. The molecule has 2 aromatic rings. The number of aromatic nitrogens is 2. The summed E-state index contributed by atoms with van der Waals surface area (Å²) in [6.45, 7) is 1.84. The number of benzene rings is 1. The summed E-state index contributed by atoms with van der Waals surface area (Å²) in [5.41, 5.74) is 6.91. The Hall–Kier alpha value is -3.23. The van der Waals surface area contributed by atoms with Crippen LogP contribution < -0.4 is 16.0 Å². The third-order valence-corrected chi connectivity index (χ3v) is 5.77. The second kappa shape index (κ2) is 8.64. The van der Waals surface area contributed by atoms with Crippen molar-refractivity contribution in [3.05, 3.63) is 42.0 Å². The summed E-state index contributed by atoms with van der Waals surface area (Å²) in [5, 5.41) is 3.27. The summed E-state index contributed by atoms with van der Waals surface area (Å²) in [6, 6.07) is 6.74. The van der Waals surface area contributed by atoms with Crippen LogP contribution in [0.4, 0.5) is 21.7 Å². The maximum Gasteiger partial charge on any atom is 0.245 e. The van der Waals surface area contributed by atoms with Gasteiger partial charge in [-0.2, -0.15) is 4.39 Å². The van der Waals surface area contributed by atoms with E-state index in [1.54, 1.807) is 18.2 Å². The minimum absolute atomic E-state index is 0.0206. The normalized spacial score (nSPS) is 22.1. The van der Waals surface area contributed by atoms with Gasteiger partial charge in [-0.3, -0.25) is 9.59 Å². The largest absolute Gasteiger partial charge is 0.381 e. The zero-order valence-electron chi connectivity index (χ0n) is 16.6. The second-order valence-electron chi connectivity index (χ2n) is 7.75. The molecule has 4 rings (SSSR count). The number of nitrogen functional groups attached to an aromatic ring is 1. The molecule has 0 aliphatic carbocycles. The smallest absolute Gasteiger partial charge is 0.245 e. The molecule has 2 atom stereocenters. The third kappa shape index (κ3) is 4.05. The van der Waals surface area contributed by atoms with Gasteiger partial charge in [0.2, 0.25) is 11.7 Å². The fraction of sp³-hybridized carbons (Fsp3) is 0.429. The first kappa shape index (κ1) is 20.1. The topological polar surface area (TPSA) is 104 Å². The number of anilines is 3. The van der Waals surface area contributed by atoms with Crippen LogP contribution in [0.1, 0.15) is 36.0 Å². The summed E-state index contributed by atoms with van der Waals surface area (Å²) in [7, 11) is 0. The molecule has 1 aromatic heterocycles. The molecule has 2 fully saturated rings. The van der Waals surface area contributed by atoms with E-state index in [1.807, 2.05) is 15.9 Å². The van der Waals surface area contributed by atoms with Crippen LogP contribution in [0.5, 0.6) is 0 Å². The van der Waals surface area contributed by atoms with E-state index in [0.29, 0.717) is 25.2 Å². The number of aldehydes is 1. The van der Waals surface area contributed by atoms with Crippen molar-refractivity contribution in [3.63, 3.8) is 0 Å². The average Bonchev–Trinajstić information content (AvgIpc) is 2.77. The van der Waals surface area contributed by atoms with E-state index >= 15 is 0 Å². The molecule has 2 saturated heterocycles. The number of rotatable bonds is 5. The molecule has 0 radical (unpaired) electrons. The van der Waals surface area contributed by atoms with Crippen LogP contribution in [0.3, 0.4) is 0 Å². The van der Waals surface area contributed by atoms with E-state index in [9.17, 15) is 14.0 Å². The Morgan fingerprint density at radius 2 is 2.03 bits per heavy atom. The van der Waals surface area contributed by atoms with Gasteiger partial charge in [0.15, 0.2) is 11.6 Å². The molecule has 3 heterocycles. The maximum absolute atomic E-state index is 14.4. The lowest BCUT2D eigenvalue weighted by atomic mass is 9.97. The number of carbonyl (C=O) groups excluding carboxylic acids is 2. The summed E-state index contributed by atoms with van der Waals surface area (Å²) in [5.74, 6) is -0.556. The van der Waals surface area contributed by atoms with Crippen molar-refractivity contribution in [1.82, 2.24) is 14.9 Å². The van der Waals surface area contributed by atoms with Crippen molar-refractivity contribution >= 4 is 29.5 Å². The summed E-state index contributed by atoms with van der Waals surface area (Å²) < 4.78 is 14.4. The molecule has 2 aliphatic heterocycles. The molecule has 9 heteroatoms. The van der Waals surface area contributed by atoms with Gasteiger partial charge in [-0.25, -0.2) is 9.97 Å². The molecule has 0 saturated carbocycles. The van der Waals surface area contributed by atoms with E-state index in [-0.39, 0.29) is 29.6 Å². The molecule has 1 aromatic carbocycles. The quantitative estimate of drug-likeness (QED) is 0.725. The Labute approximate surface area is 174 Å². The van der Waals surface area contributed by atoms with Crippen LogP contribution in [0.25, 0.3) is 0 Å². The molecule has 1 amide bonds. The van der Waals surface area contributed by atoms with Gasteiger partial charge >= 0.3 is 0 Å². The van der Waals surface area contributed by atoms with Crippen LogP contribution >= 0.6 is 0 Å². The Bertz CT molecular complexity index is 939. The van der Waals surface area contributed by atoms with Crippen molar-refractivity contribution in [2.75, 3.05) is 35.6 Å². The van der Waals surface area contributed by atoms with Crippen molar-refractivity contribution < 1.29 is 14.0 Å². The number of halogens is 1. The number of carbonyl (C=O) groups is 2. The molecule has 30 heavy (non-hydrogen) atoms. The van der Waals surface area contributed by atoms with Crippen LogP contribution in [0.15, 0.2) is 30.6 Å². The standard InChI is InChI=1S/C21H25FN6O2/c22-18-19(23)24-13-25-20(18)27-8-2-6-16(11-27)28-9-3-7-17(21(28)30)26-15-5-1-4-14(10-15)12-29/h1,4-5,10,12-13,16-17,26H,2-3,6-9,11H2,(H2,23,24,25)/t16-,17?/m1/s1. The van der Waals surface area contributed by atoms with Crippen LogP contribution in [0, 0.1) is 5.82 Å². The Kier molecular flexibility index (Phi) is 5.78. The lowest BCUT2D eigenvalue weighted by molar-refractivity contribution is -0.137. The van der Waals surface area contributed by atoms with E-state index in [4.69, 9.17) is 5.73 Å².